The molecule has 0 bridgehead atoms. The molecule has 0 amide bonds. The lowest BCUT2D eigenvalue weighted by Crippen LogP contribution is -2.29. The minimum atomic E-state index is 0.117. The Balaban J connectivity index is 1.44. The average molecular weight is 377 g/mol. The molecular weight excluding hydrogens is 350 g/mol. The third-order valence-corrected chi connectivity index (χ3v) is 6.05. The van der Waals surface area contributed by atoms with E-state index in [9.17, 15) is 0 Å². The fourth-order valence-electron chi connectivity index (χ4n) is 4.55. The summed E-state index contributed by atoms with van der Waals surface area (Å²) in [5.41, 5.74) is 4.74. The molecule has 2 aromatic heterocycles. The van der Waals surface area contributed by atoms with Gasteiger partial charge in [-0.3, -0.25) is 5.10 Å². The van der Waals surface area contributed by atoms with Crippen molar-refractivity contribution >= 4 is 16.6 Å². The van der Waals surface area contributed by atoms with Crippen molar-refractivity contribution in [3.05, 3.63) is 36.5 Å². The highest BCUT2D eigenvalue weighted by molar-refractivity contribution is 5.94. The summed E-state index contributed by atoms with van der Waals surface area (Å²) in [5, 5.41) is 12.4. The molecule has 2 N–H and O–H groups in total. The van der Waals surface area contributed by atoms with Gasteiger partial charge in [0.1, 0.15) is 5.69 Å². The van der Waals surface area contributed by atoms with Gasteiger partial charge in [-0.05, 0) is 57.5 Å². The molecule has 2 aliphatic heterocycles. The van der Waals surface area contributed by atoms with Crippen molar-refractivity contribution in [2.75, 3.05) is 31.1 Å². The summed E-state index contributed by atoms with van der Waals surface area (Å²) in [6.45, 7) is 8.58. The van der Waals surface area contributed by atoms with E-state index in [0.717, 1.165) is 48.3 Å². The minimum absolute atomic E-state index is 0.117. The highest BCUT2D eigenvalue weighted by atomic mass is 16.5. The summed E-state index contributed by atoms with van der Waals surface area (Å²) in [5.74, 6) is 0.645. The maximum Gasteiger partial charge on any atom is 0.213 e. The van der Waals surface area contributed by atoms with Gasteiger partial charge in [0.05, 0.1) is 11.6 Å². The fourth-order valence-corrected chi connectivity index (χ4v) is 4.55. The first-order valence-corrected chi connectivity index (χ1v) is 10.2. The van der Waals surface area contributed by atoms with Crippen LogP contribution in [0.15, 0.2) is 36.5 Å². The van der Waals surface area contributed by atoms with Crippen LogP contribution in [0.2, 0.25) is 0 Å². The van der Waals surface area contributed by atoms with Gasteiger partial charge in [0.25, 0.3) is 0 Å². The summed E-state index contributed by atoms with van der Waals surface area (Å²) in [6, 6.07) is 10.6. The number of pyridine rings is 1. The number of benzene rings is 1. The quantitative estimate of drug-likeness (QED) is 0.727. The number of aromatic amines is 1. The Kier molecular flexibility index (Phi) is 4.23. The summed E-state index contributed by atoms with van der Waals surface area (Å²) in [4.78, 5) is 6.96. The average Bonchev–Trinajstić information content (AvgIpc) is 3.42. The van der Waals surface area contributed by atoms with Crippen LogP contribution in [0.1, 0.15) is 26.7 Å². The molecule has 3 aromatic rings. The second-order valence-corrected chi connectivity index (χ2v) is 8.45. The van der Waals surface area contributed by atoms with Crippen LogP contribution >= 0.6 is 0 Å². The van der Waals surface area contributed by atoms with Crippen LogP contribution in [0.25, 0.3) is 22.2 Å². The van der Waals surface area contributed by atoms with Crippen LogP contribution in [0, 0.1) is 5.41 Å². The Morgan fingerprint density at radius 2 is 2.11 bits per heavy atom. The summed E-state index contributed by atoms with van der Waals surface area (Å²) < 4.78 is 5.66. The van der Waals surface area contributed by atoms with E-state index in [1.165, 1.54) is 18.5 Å². The van der Waals surface area contributed by atoms with Gasteiger partial charge in [0.15, 0.2) is 0 Å². The lowest BCUT2D eigenvalue weighted by molar-refractivity contribution is 0.232. The Morgan fingerprint density at radius 1 is 1.18 bits per heavy atom. The smallest absolute Gasteiger partial charge is 0.213 e. The molecular formula is C22H27N5O. The normalized spacial score (nSPS) is 22.0. The van der Waals surface area contributed by atoms with E-state index in [1.54, 1.807) is 0 Å². The summed E-state index contributed by atoms with van der Waals surface area (Å²) in [7, 11) is 0. The van der Waals surface area contributed by atoms with E-state index in [2.05, 4.69) is 43.6 Å². The number of H-pyrrole nitrogens is 1. The number of aromatic nitrogens is 3. The number of nitrogens with one attached hydrogen (secondary N) is 2. The predicted octanol–water partition coefficient (Wildman–Crippen LogP) is 3.60. The molecule has 1 aromatic carbocycles. The largest absolute Gasteiger partial charge is 0.475 e. The van der Waals surface area contributed by atoms with E-state index in [4.69, 9.17) is 4.74 Å². The van der Waals surface area contributed by atoms with Gasteiger partial charge in [-0.1, -0.05) is 0 Å². The van der Waals surface area contributed by atoms with Crippen molar-refractivity contribution in [1.82, 2.24) is 20.5 Å². The Bertz CT molecular complexity index is 972. The fraction of sp³-hybridized carbons (Fsp3) is 0.455. The number of ether oxygens (including phenoxy) is 1. The van der Waals surface area contributed by atoms with Gasteiger partial charge in [-0.2, -0.15) is 5.10 Å². The van der Waals surface area contributed by atoms with Gasteiger partial charge < -0.3 is 15.0 Å². The third-order valence-electron chi connectivity index (χ3n) is 6.05. The first-order chi connectivity index (χ1) is 13.6. The Hall–Kier alpha value is -2.60. The molecule has 28 heavy (non-hydrogen) atoms. The summed E-state index contributed by atoms with van der Waals surface area (Å²) in [6.07, 6.45) is 4.53. The molecule has 2 saturated heterocycles. The van der Waals surface area contributed by atoms with E-state index >= 15 is 0 Å². The van der Waals surface area contributed by atoms with Crippen LogP contribution in [-0.4, -0.2) is 47.5 Å². The molecule has 5 rings (SSSR count). The molecule has 6 heteroatoms. The molecule has 2 fully saturated rings. The second kappa shape index (κ2) is 6.78. The second-order valence-electron chi connectivity index (χ2n) is 8.45. The molecule has 2 aliphatic rings. The molecule has 0 saturated carbocycles. The van der Waals surface area contributed by atoms with Crippen molar-refractivity contribution in [3.8, 4) is 17.1 Å². The monoisotopic (exact) mass is 377 g/mol. The molecule has 4 heterocycles. The predicted molar refractivity (Wildman–Crippen MR) is 112 cm³/mol. The molecule has 0 aliphatic carbocycles. The zero-order valence-corrected chi connectivity index (χ0v) is 16.5. The molecule has 1 atom stereocenters. The maximum absolute atomic E-state index is 5.66. The first kappa shape index (κ1) is 17.5. The zero-order chi connectivity index (χ0) is 19.1. The molecule has 6 nitrogen and oxygen atoms in total. The van der Waals surface area contributed by atoms with E-state index in [-0.39, 0.29) is 6.10 Å². The molecule has 1 spiro atoms. The molecule has 0 radical (unpaired) electrons. The van der Waals surface area contributed by atoms with Crippen LogP contribution in [0.4, 0.5) is 5.69 Å². The number of hydrogen-bond acceptors (Lipinski definition) is 5. The van der Waals surface area contributed by atoms with Gasteiger partial charge in [-0.15, -0.1) is 0 Å². The van der Waals surface area contributed by atoms with Crippen LogP contribution in [-0.2, 0) is 0 Å². The van der Waals surface area contributed by atoms with Gasteiger partial charge >= 0.3 is 0 Å². The van der Waals surface area contributed by atoms with Crippen LogP contribution in [0.5, 0.6) is 5.88 Å². The Morgan fingerprint density at radius 3 is 2.86 bits per heavy atom. The topological polar surface area (TPSA) is 66.1 Å². The lowest BCUT2D eigenvalue weighted by atomic mass is 9.86. The van der Waals surface area contributed by atoms with E-state index < -0.39 is 0 Å². The van der Waals surface area contributed by atoms with Crippen molar-refractivity contribution in [2.24, 2.45) is 5.41 Å². The zero-order valence-electron chi connectivity index (χ0n) is 16.5. The van der Waals surface area contributed by atoms with Crippen molar-refractivity contribution < 1.29 is 4.74 Å². The van der Waals surface area contributed by atoms with Crippen molar-refractivity contribution in [1.29, 1.82) is 0 Å². The number of fused-ring (bicyclic) bond motifs is 1. The van der Waals surface area contributed by atoms with Crippen molar-refractivity contribution in [2.45, 2.75) is 32.8 Å². The van der Waals surface area contributed by atoms with Gasteiger partial charge in [0.2, 0.25) is 5.88 Å². The van der Waals surface area contributed by atoms with Gasteiger partial charge in [-0.25, -0.2) is 4.98 Å². The maximum atomic E-state index is 5.66. The summed E-state index contributed by atoms with van der Waals surface area (Å²) >= 11 is 0. The lowest BCUT2D eigenvalue weighted by Gasteiger charge is -2.24. The molecule has 1 unspecified atom stereocenters. The SMILES string of the molecule is CC(C)Oc1ccc(-c2n[nH]c3ccc(N4CCC5(CCNC5)C4)cc23)cn1. The first-order valence-electron chi connectivity index (χ1n) is 10.2. The number of nitrogens with zero attached hydrogens (tertiary/aromatic N) is 3. The van der Waals surface area contributed by atoms with E-state index in [0.29, 0.717) is 11.3 Å². The number of hydrogen-bond donors (Lipinski definition) is 2. The molecule has 146 valence electrons. The van der Waals surface area contributed by atoms with Crippen molar-refractivity contribution in [3.63, 3.8) is 0 Å². The number of anilines is 1. The minimum Gasteiger partial charge on any atom is -0.475 e. The van der Waals surface area contributed by atoms with Crippen LogP contribution in [0.3, 0.4) is 0 Å². The third kappa shape index (κ3) is 3.11. The standard InChI is InChI=1S/C22H27N5O/c1-15(2)28-20-6-3-16(12-24-20)21-18-11-17(4-5-19(18)25-26-21)27-10-8-22(14-27)7-9-23-13-22/h3-6,11-12,15,23H,7-10,13-14H2,1-2H3,(H,25,26). The Labute approximate surface area is 165 Å². The highest BCUT2D eigenvalue weighted by Gasteiger charge is 2.40. The van der Waals surface area contributed by atoms with Gasteiger partial charge in [0, 0.05) is 53.9 Å². The van der Waals surface area contributed by atoms with E-state index in [1.807, 2.05) is 32.2 Å². The number of rotatable bonds is 4. The highest BCUT2D eigenvalue weighted by Crippen LogP contribution is 2.39. The van der Waals surface area contributed by atoms with Crippen LogP contribution < -0.4 is 15.0 Å².